The molecule has 0 fully saturated rings. The van der Waals surface area contributed by atoms with Crippen LogP contribution in [0.5, 0.6) is 0 Å². The summed E-state index contributed by atoms with van der Waals surface area (Å²) in [4.78, 5) is 28.7. The zero-order valence-electron chi connectivity index (χ0n) is 17.1. The molecule has 12 heteroatoms. The van der Waals surface area contributed by atoms with E-state index in [1.54, 1.807) is 12.1 Å². The van der Waals surface area contributed by atoms with Crippen LogP contribution in [0.25, 0.3) is 5.69 Å². The lowest BCUT2D eigenvalue weighted by Crippen LogP contribution is -2.21. The minimum absolute atomic E-state index is 0.0140. The molecule has 2 heterocycles. The number of rotatable bonds is 6. The van der Waals surface area contributed by atoms with Gasteiger partial charge in [0.05, 0.1) is 21.8 Å². The number of pyridine rings is 1. The molecule has 172 valence electrons. The minimum Gasteiger partial charge on any atom is -0.322 e. The molecule has 9 nitrogen and oxygen atoms in total. The Kier molecular flexibility index (Phi) is 6.64. The van der Waals surface area contributed by atoms with Gasteiger partial charge >= 0.3 is 0 Å². The van der Waals surface area contributed by atoms with Crippen molar-refractivity contribution < 1.29 is 13.2 Å². The number of benzene rings is 2. The average Bonchev–Trinajstić information content (AvgIpc) is 2.83. The second-order valence-corrected chi connectivity index (χ2v) is 9.34. The van der Waals surface area contributed by atoms with Crippen LogP contribution >= 0.6 is 23.2 Å². The zero-order valence-corrected chi connectivity index (χ0v) is 19.5. The van der Waals surface area contributed by atoms with Crippen LogP contribution in [-0.2, 0) is 10.0 Å². The van der Waals surface area contributed by atoms with Gasteiger partial charge in [0.25, 0.3) is 21.5 Å². The predicted octanol–water partition coefficient (Wildman–Crippen LogP) is 3.99. The van der Waals surface area contributed by atoms with Gasteiger partial charge in [-0.2, -0.15) is 9.78 Å². The number of sulfonamides is 1. The molecular weight excluding hydrogens is 501 g/mol. The van der Waals surface area contributed by atoms with Crippen LogP contribution in [0.2, 0.25) is 10.0 Å². The summed E-state index contributed by atoms with van der Waals surface area (Å²) >= 11 is 11.7. The third-order valence-electron chi connectivity index (χ3n) is 4.58. The van der Waals surface area contributed by atoms with E-state index < -0.39 is 21.5 Å². The fraction of sp³-hybridized carbons (Fsp3) is 0. The van der Waals surface area contributed by atoms with Crippen molar-refractivity contribution in [2.75, 3.05) is 10.0 Å². The number of anilines is 2. The van der Waals surface area contributed by atoms with Crippen molar-refractivity contribution in [3.63, 3.8) is 0 Å². The standard InChI is InChI=1S/C22H15Cl2N5O4S/c23-18-13-26-29(22(31)20(18)24)16-8-4-14(5-9-16)21(30)27-15-6-10-17(11-7-15)34(32,33)28-19-3-1-2-12-25-19/h1-13H,(H,25,28)(H,27,30). The Labute approximate surface area is 204 Å². The maximum absolute atomic E-state index is 12.6. The van der Waals surface area contributed by atoms with Gasteiger partial charge in [0.1, 0.15) is 10.8 Å². The topological polar surface area (TPSA) is 123 Å². The first-order chi connectivity index (χ1) is 16.2. The fourth-order valence-corrected chi connectivity index (χ4v) is 4.15. The maximum atomic E-state index is 12.6. The highest BCUT2D eigenvalue weighted by molar-refractivity contribution is 7.92. The van der Waals surface area contributed by atoms with Crippen molar-refractivity contribution >= 4 is 50.6 Å². The van der Waals surface area contributed by atoms with Gasteiger partial charge in [-0.05, 0) is 60.7 Å². The molecule has 4 rings (SSSR count). The lowest BCUT2D eigenvalue weighted by molar-refractivity contribution is 0.102. The van der Waals surface area contributed by atoms with Crippen LogP contribution in [0, 0.1) is 0 Å². The number of hydrogen-bond donors (Lipinski definition) is 2. The van der Waals surface area contributed by atoms with Gasteiger partial charge in [-0.25, -0.2) is 13.4 Å². The molecule has 4 aromatic rings. The SMILES string of the molecule is O=C(Nc1ccc(S(=O)(=O)Nc2ccccn2)cc1)c1ccc(-n2ncc(Cl)c(Cl)c2=O)cc1. The van der Waals surface area contributed by atoms with Crippen molar-refractivity contribution in [2.24, 2.45) is 0 Å². The molecule has 34 heavy (non-hydrogen) atoms. The summed E-state index contributed by atoms with van der Waals surface area (Å²) in [5.74, 6) is -0.232. The highest BCUT2D eigenvalue weighted by Gasteiger charge is 2.15. The van der Waals surface area contributed by atoms with Gasteiger partial charge in [-0.3, -0.25) is 14.3 Å². The molecule has 0 aliphatic heterocycles. The first kappa shape index (κ1) is 23.4. The number of aromatic nitrogens is 3. The molecule has 0 unspecified atom stereocenters. The second kappa shape index (κ2) is 9.64. The first-order valence-corrected chi connectivity index (χ1v) is 11.9. The van der Waals surface area contributed by atoms with E-state index >= 15 is 0 Å². The lowest BCUT2D eigenvalue weighted by Gasteiger charge is -2.10. The van der Waals surface area contributed by atoms with E-state index in [0.717, 1.165) is 4.68 Å². The normalized spacial score (nSPS) is 11.1. The number of nitrogens with zero attached hydrogens (tertiary/aromatic N) is 3. The number of hydrogen-bond acceptors (Lipinski definition) is 6. The third kappa shape index (κ3) is 5.09. The summed E-state index contributed by atoms with van der Waals surface area (Å²) in [5, 5.41) is 6.51. The van der Waals surface area contributed by atoms with Crippen LogP contribution in [0.3, 0.4) is 0 Å². The van der Waals surface area contributed by atoms with Crippen molar-refractivity contribution in [2.45, 2.75) is 4.90 Å². The smallest absolute Gasteiger partial charge is 0.291 e. The number of carbonyl (C=O) groups excluding carboxylic acids is 1. The molecule has 2 N–H and O–H groups in total. The Bertz CT molecular complexity index is 1510. The molecule has 0 radical (unpaired) electrons. The number of carbonyl (C=O) groups is 1. The molecule has 1 amide bonds. The molecule has 2 aromatic carbocycles. The summed E-state index contributed by atoms with van der Waals surface area (Å²) in [7, 11) is -3.83. The Hall–Kier alpha value is -3.73. The Morgan fingerprint density at radius 3 is 2.29 bits per heavy atom. The third-order valence-corrected chi connectivity index (χ3v) is 6.70. The molecular formula is C22H15Cl2N5O4S. The Morgan fingerprint density at radius 2 is 1.65 bits per heavy atom. The van der Waals surface area contributed by atoms with Gasteiger partial charge in [0.2, 0.25) is 0 Å². The second-order valence-electron chi connectivity index (χ2n) is 6.87. The van der Waals surface area contributed by atoms with Crippen LogP contribution in [-0.4, -0.2) is 29.1 Å². The molecule has 0 saturated carbocycles. The van der Waals surface area contributed by atoms with Gasteiger partial charge in [0, 0.05) is 17.4 Å². The lowest BCUT2D eigenvalue weighted by atomic mass is 10.2. The number of nitrogens with one attached hydrogen (secondary N) is 2. The summed E-state index contributed by atoms with van der Waals surface area (Å²) in [6.07, 6.45) is 2.73. The summed E-state index contributed by atoms with van der Waals surface area (Å²) in [6.45, 7) is 0. The van der Waals surface area contributed by atoms with Gasteiger partial charge in [-0.1, -0.05) is 29.3 Å². The van der Waals surface area contributed by atoms with Gasteiger partial charge in [0.15, 0.2) is 0 Å². The summed E-state index contributed by atoms with van der Waals surface area (Å²) in [6, 6.07) is 16.6. The Morgan fingerprint density at radius 1 is 0.941 bits per heavy atom. The van der Waals surface area contributed by atoms with Gasteiger partial charge < -0.3 is 5.32 Å². The fourth-order valence-electron chi connectivity index (χ4n) is 2.89. The molecule has 0 aliphatic carbocycles. The van der Waals surface area contributed by atoms with Crippen molar-refractivity contribution in [1.82, 2.24) is 14.8 Å². The largest absolute Gasteiger partial charge is 0.322 e. The maximum Gasteiger partial charge on any atom is 0.291 e. The zero-order chi connectivity index (χ0) is 24.3. The molecule has 0 saturated heterocycles. The van der Waals surface area contributed by atoms with Crippen LogP contribution < -0.4 is 15.6 Å². The number of halogens is 2. The van der Waals surface area contributed by atoms with Crippen LogP contribution in [0.15, 0.2) is 88.8 Å². The molecule has 0 bridgehead atoms. The molecule has 0 atom stereocenters. The monoisotopic (exact) mass is 515 g/mol. The van der Waals surface area contributed by atoms with E-state index in [0.29, 0.717) is 16.9 Å². The van der Waals surface area contributed by atoms with Crippen molar-refractivity contribution in [1.29, 1.82) is 0 Å². The predicted molar refractivity (Wildman–Crippen MR) is 129 cm³/mol. The highest BCUT2D eigenvalue weighted by atomic mass is 35.5. The highest BCUT2D eigenvalue weighted by Crippen LogP contribution is 2.19. The van der Waals surface area contributed by atoms with E-state index in [1.165, 1.54) is 67.0 Å². The molecule has 2 aromatic heterocycles. The van der Waals surface area contributed by atoms with Crippen molar-refractivity contribution in [3.8, 4) is 5.69 Å². The molecule has 0 aliphatic rings. The van der Waals surface area contributed by atoms with E-state index in [-0.39, 0.29) is 20.8 Å². The van der Waals surface area contributed by atoms with E-state index in [2.05, 4.69) is 20.1 Å². The summed E-state index contributed by atoms with van der Waals surface area (Å²) in [5.41, 5.74) is 0.521. The van der Waals surface area contributed by atoms with E-state index in [1.807, 2.05) is 0 Å². The summed E-state index contributed by atoms with van der Waals surface area (Å²) < 4.78 is 28.4. The van der Waals surface area contributed by atoms with Crippen molar-refractivity contribution in [3.05, 3.63) is 105 Å². The van der Waals surface area contributed by atoms with Crippen LogP contribution in [0.4, 0.5) is 11.5 Å². The first-order valence-electron chi connectivity index (χ1n) is 9.64. The van der Waals surface area contributed by atoms with E-state index in [4.69, 9.17) is 23.2 Å². The number of amides is 1. The minimum atomic E-state index is -3.83. The van der Waals surface area contributed by atoms with E-state index in [9.17, 15) is 18.0 Å². The quantitative estimate of drug-likeness (QED) is 0.400. The Balaban J connectivity index is 1.46. The van der Waals surface area contributed by atoms with Crippen LogP contribution in [0.1, 0.15) is 10.4 Å². The van der Waals surface area contributed by atoms with Gasteiger partial charge in [-0.15, -0.1) is 0 Å². The molecule has 0 spiro atoms. The average molecular weight is 516 g/mol.